The highest BCUT2D eigenvalue weighted by Gasteiger charge is 2.06. The largest absolute Gasteiger partial charge is 0.272 e. The van der Waals surface area contributed by atoms with Gasteiger partial charge >= 0.3 is 0 Å². The number of hydrogen-bond donors (Lipinski definition) is 0. The van der Waals surface area contributed by atoms with E-state index in [2.05, 4.69) is 5.10 Å². The van der Waals surface area contributed by atoms with Gasteiger partial charge < -0.3 is 0 Å². The molecule has 0 spiro atoms. The fraction of sp³-hybridized carbons (Fsp3) is 0.429. The quantitative estimate of drug-likeness (QED) is 0.570. The molecular formula is C7H9IN2O. The average molecular weight is 264 g/mol. The second-order valence-electron chi connectivity index (χ2n) is 2.37. The van der Waals surface area contributed by atoms with Crippen LogP contribution in [0, 0.1) is 13.8 Å². The SMILES string of the molecule is Cc1cc(C)n(C(=O)CI)n1. The summed E-state index contributed by atoms with van der Waals surface area (Å²) in [6.07, 6.45) is 0. The third-order valence-electron chi connectivity index (χ3n) is 1.36. The summed E-state index contributed by atoms with van der Waals surface area (Å²) in [6.45, 7) is 3.76. The number of halogens is 1. The lowest BCUT2D eigenvalue weighted by Gasteiger charge is -1.96. The molecule has 4 heteroatoms. The molecule has 0 aliphatic rings. The summed E-state index contributed by atoms with van der Waals surface area (Å²) in [5, 5.41) is 4.04. The highest BCUT2D eigenvalue weighted by Crippen LogP contribution is 2.02. The van der Waals surface area contributed by atoms with Gasteiger partial charge in [-0.05, 0) is 19.9 Å². The van der Waals surface area contributed by atoms with Gasteiger partial charge in [-0.2, -0.15) is 5.10 Å². The van der Waals surface area contributed by atoms with E-state index in [0.717, 1.165) is 11.4 Å². The molecule has 1 aromatic heterocycles. The Morgan fingerprint density at radius 3 is 2.73 bits per heavy atom. The lowest BCUT2D eigenvalue weighted by molar-refractivity contribution is 0.0927. The zero-order chi connectivity index (χ0) is 8.43. The minimum atomic E-state index is 0.0381. The molecule has 0 saturated carbocycles. The molecule has 11 heavy (non-hydrogen) atoms. The van der Waals surface area contributed by atoms with Gasteiger partial charge in [0, 0.05) is 5.69 Å². The monoisotopic (exact) mass is 264 g/mol. The van der Waals surface area contributed by atoms with Crippen molar-refractivity contribution in [3.8, 4) is 0 Å². The predicted molar refractivity (Wildman–Crippen MR) is 51.2 cm³/mol. The summed E-state index contributed by atoms with van der Waals surface area (Å²) >= 11 is 2.03. The number of carbonyl (C=O) groups excluding carboxylic acids is 1. The molecule has 0 amide bonds. The zero-order valence-electron chi connectivity index (χ0n) is 6.47. The summed E-state index contributed by atoms with van der Waals surface area (Å²) in [5.41, 5.74) is 1.80. The molecule has 60 valence electrons. The molecule has 0 aliphatic heterocycles. The van der Waals surface area contributed by atoms with Crippen LogP contribution in [0.4, 0.5) is 0 Å². The van der Waals surface area contributed by atoms with Crippen molar-refractivity contribution in [1.29, 1.82) is 0 Å². The lowest BCUT2D eigenvalue weighted by Crippen LogP contribution is -2.14. The summed E-state index contributed by atoms with van der Waals surface area (Å²) in [5.74, 6) is 0.0381. The van der Waals surface area contributed by atoms with Crippen molar-refractivity contribution in [2.24, 2.45) is 0 Å². The van der Waals surface area contributed by atoms with Crippen LogP contribution in [0.2, 0.25) is 0 Å². The van der Waals surface area contributed by atoms with Gasteiger partial charge in [-0.15, -0.1) is 0 Å². The van der Waals surface area contributed by atoms with Crippen molar-refractivity contribution < 1.29 is 4.79 Å². The molecule has 0 aliphatic carbocycles. The van der Waals surface area contributed by atoms with E-state index < -0.39 is 0 Å². The van der Waals surface area contributed by atoms with Gasteiger partial charge in [0.05, 0.1) is 10.1 Å². The van der Waals surface area contributed by atoms with Crippen molar-refractivity contribution in [2.45, 2.75) is 13.8 Å². The molecule has 0 unspecified atom stereocenters. The van der Waals surface area contributed by atoms with E-state index in [9.17, 15) is 4.79 Å². The smallest absolute Gasteiger partial charge is 0.256 e. The maximum absolute atomic E-state index is 11.1. The Labute approximate surface area is 78.9 Å². The lowest BCUT2D eigenvalue weighted by atomic mass is 10.4. The van der Waals surface area contributed by atoms with Crippen LogP contribution in [0.1, 0.15) is 16.2 Å². The first-order valence-electron chi connectivity index (χ1n) is 3.27. The van der Waals surface area contributed by atoms with E-state index in [1.165, 1.54) is 4.68 Å². The van der Waals surface area contributed by atoms with Crippen LogP contribution in [0.5, 0.6) is 0 Å². The molecule has 0 radical (unpaired) electrons. The maximum atomic E-state index is 11.1. The number of hydrogen-bond acceptors (Lipinski definition) is 2. The molecule has 0 aromatic carbocycles. The van der Waals surface area contributed by atoms with Gasteiger partial charge in [0.1, 0.15) is 0 Å². The van der Waals surface area contributed by atoms with Crippen LogP contribution >= 0.6 is 22.6 Å². The Morgan fingerprint density at radius 1 is 1.73 bits per heavy atom. The highest BCUT2D eigenvalue weighted by atomic mass is 127. The molecule has 1 aromatic rings. The van der Waals surface area contributed by atoms with E-state index >= 15 is 0 Å². The molecule has 1 heterocycles. The van der Waals surface area contributed by atoms with E-state index in [-0.39, 0.29) is 5.91 Å². The first-order chi connectivity index (χ1) is 5.15. The zero-order valence-corrected chi connectivity index (χ0v) is 8.62. The molecule has 1 rings (SSSR count). The van der Waals surface area contributed by atoms with Crippen molar-refractivity contribution in [1.82, 2.24) is 9.78 Å². The number of aromatic nitrogens is 2. The Bertz CT molecular complexity index is 280. The average Bonchev–Trinajstić information content (AvgIpc) is 2.28. The van der Waals surface area contributed by atoms with Crippen molar-refractivity contribution >= 4 is 28.5 Å². The Morgan fingerprint density at radius 2 is 2.36 bits per heavy atom. The van der Waals surface area contributed by atoms with E-state index in [4.69, 9.17) is 0 Å². The van der Waals surface area contributed by atoms with Crippen LogP contribution < -0.4 is 0 Å². The van der Waals surface area contributed by atoms with Crippen molar-refractivity contribution in [2.75, 3.05) is 4.43 Å². The van der Waals surface area contributed by atoms with E-state index in [1.54, 1.807) is 0 Å². The van der Waals surface area contributed by atoms with Gasteiger partial charge in [0.15, 0.2) is 0 Å². The van der Waals surface area contributed by atoms with Crippen LogP contribution in [-0.2, 0) is 0 Å². The Balaban J connectivity index is 3.03. The number of nitrogens with zero attached hydrogens (tertiary/aromatic N) is 2. The van der Waals surface area contributed by atoms with Gasteiger partial charge in [-0.3, -0.25) is 4.79 Å². The van der Waals surface area contributed by atoms with Crippen molar-refractivity contribution in [3.63, 3.8) is 0 Å². The van der Waals surface area contributed by atoms with E-state index in [1.807, 2.05) is 42.5 Å². The minimum Gasteiger partial charge on any atom is -0.272 e. The van der Waals surface area contributed by atoms with Gasteiger partial charge in [0.2, 0.25) is 0 Å². The van der Waals surface area contributed by atoms with Crippen LogP contribution in [0.25, 0.3) is 0 Å². The molecule has 0 saturated heterocycles. The minimum absolute atomic E-state index is 0.0381. The number of aryl methyl sites for hydroxylation is 2. The number of carbonyl (C=O) groups is 1. The molecule has 0 bridgehead atoms. The second-order valence-corrected chi connectivity index (χ2v) is 3.13. The third kappa shape index (κ3) is 1.79. The van der Waals surface area contributed by atoms with Crippen LogP contribution in [-0.4, -0.2) is 20.1 Å². The van der Waals surface area contributed by atoms with Crippen LogP contribution in [0.3, 0.4) is 0 Å². The highest BCUT2D eigenvalue weighted by molar-refractivity contribution is 14.1. The predicted octanol–water partition coefficient (Wildman–Crippen LogP) is 1.58. The fourth-order valence-electron chi connectivity index (χ4n) is 0.938. The Hall–Kier alpha value is -0.390. The fourth-order valence-corrected chi connectivity index (χ4v) is 1.26. The second kappa shape index (κ2) is 3.34. The molecule has 3 nitrogen and oxygen atoms in total. The molecule has 0 fully saturated rings. The van der Waals surface area contributed by atoms with E-state index in [0.29, 0.717) is 4.43 Å². The number of rotatable bonds is 1. The van der Waals surface area contributed by atoms with Gasteiger partial charge in [-0.1, -0.05) is 22.6 Å². The maximum Gasteiger partial charge on any atom is 0.256 e. The third-order valence-corrected chi connectivity index (χ3v) is 2.01. The first kappa shape index (κ1) is 8.70. The first-order valence-corrected chi connectivity index (χ1v) is 4.80. The molecule has 0 N–H and O–H groups in total. The number of alkyl halides is 1. The normalized spacial score (nSPS) is 10.1. The molecular weight excluding hydrogens is 255 g/mol. The summed E-state index contributed by atoms with van der Waals surface area (Å²) in [6, 6.07) is 1.89. The summed E-state index contributed by atoms with van der Waals surface area (Å²) < 4.78 is 1.92. The van der Waals surface area contributed by atoms with Gasteiger partial charge in [0.25, 0.3) is 5.91 Å². The van der Waals surface area contributed by atoms with Crippen molar-refractivity contribution in [3.05, 3.63) is 17.5 Å². The van der Waals surface area contributed by atoms with Gasteiger partial charge in [-0.25, -0.2) is 4.68 Å². The standard InChI is InChI=1S/C7H9IN2O/c1-5-3-6(2)10(9-5)7(11)4-8/h3H,4H2,1-2H3. The van der Waals surface area contributed by atoms with Crippen LogP contribution in [0.15, 0.2) is 6.07 Å². The molecule has 0 atom stereocenters. The summed E-state index contributed by atoms with van der Waals surface area (Å²) in [4.78, 5) is 11.1. The summed E-state index contributed by atoms with van der Waals surface area (Å²) in [7, 11) is 0. The topological polar surface area (TPSA) is 34.9 Å². The Kier molecular flexibility index (Phi) is 2.64.